The van der Waals surface area contributed by atoms with Gasteiger partial charge in [0.05, 0.1) is 0 Å². The molecule has 0 aromatic heterocycles. The highest BCUT2D eigenvalue weighted by Gasteiger charge is 2.18. The van der Waals surface area contributed by atoms with E-state index in [1.807, 2.05) is 0 Å². The molecular weight excluding hydrogens is 168 g/mol. The fraction of sp³-hybridized carbons (Fsp3) is 0.429. The molecular formula is C14H18. The lowest BCUT2D eigenvalue weighted by atomic mass is 9.81. The Morgan fingerprint density at radius 1 is 1.29 bits per heavy atom. The van der Waals surface area contributed by atoms with Crippen LogP contribution in [0.3, 0.4) is 0 Å². The third-order valence-corrected chi connectivity index (χ3v) is 2.91. The molecule has 0 heteroatoms. The molecule has 0 saturated carbocycles. The third kappa shape index (κ3) is 2.17. The van der Waals surface area contributed by atoms with Crippen LogP contribution < -0.4 is 0 Å². The number of rotatable bonds is 2. The minimum absolute atomic E-state index is 0.220. The monoisotopic (exact) mass is 186 g/mol. The molecule has 0 saturated heterocycles. The number of hydrogen-bond acceptors (Lipinski definition) is 0. The highest BCUT2D eigenvalue weighted by atomic mass is 14.2. The average Bonchev–Trinajstić information content (AvgIpc) is 2.16. The van der Waals surface area contributed by atoms with Crippen LogP contribution >= 0.6 is 0 Å². The number of hydrogen-bond donors (Lipinski definition) is 0. The quantitative estimate of drug-likeness (QED) is 0.618. The molecule has 0 aliphatic heterocycles. The topological polar surface area (TPSA) is 0 Å². The number of aryl methyl sites for hydroxylation is 1. The second kappa shape index (κ2) is 3.88. The fourth-order valence-corrected chi connectivity index (χ4v) is 1.46. The van der Waals surface area contributed by atoms with Crippen molar-refractivity contribution in [1.29, 1.82) is 0 Å². The van der Waals surface area contributed by atoms with Crippen LogP contribution in [0.25, 0.3) is 0 Å². The van der Waals surface area contributed by atoms with Crippen LogP contribution in [0.4, 0.5) is 0 Å². The van der Waals surface area contributed by atoms with Crippen molar-refractivity contribution in [2.75, 3.05) is 0 Å². The van der Waals surface area contributed by atoms with E-state index >= 15 is 0 Å². The van der Waals surface area contributed by atoms with Crippen LogP contribution in [0.1, 0.15) is 43.9 Å². The van der Waals surface area contributed by atoms with Crippen molar-refractivity contribution >= 4 is 0 Å². The lowest BCUT2D eigenvalue weighted by molar-refractivity contribution is 0.506. The maximum absolute atomic E-state index is 5.42. The van der Waals surface area contributed by atoms with Gasteiger partial charge in [0.2, 0.25) is 0 Å². The van der Waals surface area contributed by atoms with Gasteiger partial charge in [0.25, 0.3) is 0 Å². The maximum atomic E-state index is 5.42. The van der Waals surface area contributed by atoms with E-state index in [-0.39, 0.29) is 5.41 Å². The van der Waals surface area contributed by atoms with Gasteiger partial charge in [-0.1, -0.05) is 32.8 Å². The van der Waals surface area contributed by atoms with Crippen LogP contribution in [-0.2, 0) is 5.41 Å². The summed E-state index contributed by atoms with van der Waals surface area (Å²) in [6.07, 6.45) is 6.55. The Labute approximate surface area is 87.4 Å². The molecule has 0 amide bonds. The molecule has 0 atom stereocenters. The van der Waals surface area contributed by atoms with Gasteiger partial charge in [-0.05, 0) is 42.0 Å². The summed E-state index contributed by atoms with van der Waals surface area (Å²) in [5, 5.41) is 0. The molecule has 0 unspecified atom stereocenters. The van der Waals surface area contributed by atoms with E-state index in [0.717, 1.165) is 12.0 Å². The van der Waals surface area contributed by atoms with Crippen LogP contribution in [0.2, 0.25) is 0 Å². The molecule has 0 radical (unpaired) electrons. The molecule has 0 aliphatic carbocycles. The minimum Gasteiger partial charge on any atom is -0.115 e. The standard InChI is InChI=1S/C14H18/c1-6-12-8-11(3)9-13(10-12)14(4,5)7-2/h1,8-10H,7H2,2-5H3. The SMILES string of the molecule is C#Cc1cc(C)cc(C(C)(C)CC)c1. The second-order valence-corrected chi connectivity index (χ2v) is 4.47. The lowest BCUT2D eigenvalue weighted by Crippen LogP contribution is -2.15. The van der Waals surface area contributed by atoms with Crippen LogP contribution in [-0.4, -0.2) is 0 Å². The first-order valence-corrected chi connectivity index (χ1v) is 5.08. The first kappa shape index (κ1) is 10.9. The Morgan fingerprint density at radius 2 is 1.93 bits per heavy atom. The molecule has 0 heterocycles. The van der Waals surface area contributed by atoms with Crippen molar-refractivity contribution in [3.05, 3.63) is 34.9 Å². The molecule has 0 aliphatic rings. The summed E-state index contributed by atoms with van der Waals surface area (Å²) in [5.41, 5.74) is 3.80. The number of terminal acetylenes is 1. The van der Waals surface area contributed by atoms with E-state index in [9.17, 15) is 0 Å². The highest BCUT2D eigenvalue weighted by molar-refractivity contribution is 5.41. The van der Waals surface area contributed by atoms with E-state index < -0.39 is 0 Å². The minimum atomic E-state index is 0.220. The molecule has 1 aromatic carbocycles. The highest BCUT2D eigenvalue weighted by Crippen LogP contribution is 2.28. The van der Waals surface area contributed by atoms with Gasteiger partial charge in [-0.15, -0.1) is 6.42 Å². The van der Waals surface area contributed by atoms with Crippen LogP contribution in [0.5, 0.6) is 0 Å². The van der Waals surface area contributed by atoms with Crippen molar-refractivity contribution in [2.45, 2.75) is 39.5 Å². The van der Waals surface area contributed by atoms with Gasteiger partial charge < -0.3 is 0 Å². The van der Waals surface area contributed by atoms with Crippen molar-refractivity contribution in [3.63, 3.8) is 0 Å². The number of benzene rings is 1. The predicted molar refractivity (Wildman–Crippen MR) is 62.4 cm³/mol. The van der Waals surface area contributed by atoms with Crippen molar-refractivity contribution in [3.8, 4) is 12.3 Å². The second-order valence-electron chi connectivity index (χ2n) is 4.47. The van der Waals surface area contributed by atoms with Crippen LogP contribution in [0, 0.1) is 19.3 Å². The molecule has 0 spiro atoms. The molecule has 0 bridgehead atoms. The van der Waals surface area contributed by atoms with Crippen LogP contribution in [0.15, 0.2) is 18.2 Å². The van der Waals surface area contributed by atoms with E-state index in [0.29, 0.717) is 0 Å². The van der Waals surface area contributed by atoms with E-state index in [1.54, 1.807) is 0 Å². The zero-order valence-electron chi connectivity index (χ0n) is 9.52. The maximum Gasteiger partial charge on any atom is 0.0248 e. The fourth-order valence-electron chi connectivity index (χ4n) is 1.46. The van der Waals surface area contributed by atoms with E-state index in [1.165, 1.54) is 11.1 Å². The first-order valence-electron chi connectivity index (χ1n) is 5.08. The Kier molecular flexibility index (Phi) is 3.01. The molecule has 0 N–H and O–H groups in total. The van der Waals surface area contributed by atoms with Crippen molar-refractivity contribution in [1.82, 2.24) is 0 Å². The molecule has 74 valence electrons. The first-order chi connectivity index (χ1) is 6.49. The zero-order chi connectivity index (χ0) is 10.8. The van der Waals surface area contributed by atoms with Gasteiger partial charge in [0, 0.05) is 5.56 Å². The van der Waals surface area contributed by atoms with Gasteiger partial charge in [0.1, 0.15) is 0 Å². The Morgan fingerprint density at radius 3 is 2.43 bits per heavy atom. The largest absolute Gasteiger partial charge is 0.115 e. The third-order valence-electron chi connectivity index (χ3n) is 2.91. The van der Waals surface area contributed by atoms with E-state index in [2.05, 4.69) is 51.8 Å². The molecule has 0 fully saturated rings. The molecule has 1 aromatic rings. The van der Waals surface area contributed by atoms with Crippen molar-refractivity contribution in [2.24, 2.45) is 0 Å². The Balaban J connectivity index is 3.24. The smallest absolute Gasteiger partial charge is 0.0248 e. The summed E-state index contributed by atoms with van der Waals surface area (Å²) in [7, 11) is 0. The van der Waals surface area contributed by atoms with Gasteiger partial charge in [-0.25, -0.2) is 0 Å². The zero-order valence-corrected chi connectivity index (χ0v) is 9.52. The summed E-state index contributed by atoms with van der Waals surface area (Å²) in [4.78, 5) is 0. The van der Waals surface area contributed by atoms with Gasteiger partial charge >= 0.3 is 0 Å². The molecule has 1 rings (SSSR count). The summed E-state index contributed by atoms with van der Waals surface area (Å²) in [5.74, 6) is 2.70. The van der Waals surface area contributed by atoms with Gasteiger partial charge in [0.15, 0.2) is 0 Å². The van der Waals surface area contributed by atoms with Gasteiger partial charge in [-0.2, -0.15) is 0 Å². The predicted octanol–water partition coefficient (Wildman–Crippen LogP) is 3.66. The normalized spacial score (nSPS) is 11.1. The summed E-state index contributed by atoms with van der Waals surface area (Å²) < 4.78 is 0. The molecule has 14 heavy (non-hydrogen) atoms. The Bertz CT molecular complexity index is 364. The average molecular weight is 186 g/mol. The van der Waals surface area contributed by atoms with E-state index in [4.69, 9.17) is 6.42 Å². The summed E-state index contributed by atoms with van der Waals surface area (Å²) >= 11 is 0. The van der Waals surface area contributed by atoms with Gasteiger partial charge in [-0.3, -0.25) is 0 Å². The Hall–Kier alpha value is -1.22. The summed E-state index contributed by atoms with van der Waals surface area (Å²) in [6.45, 7) is 8.80. The molecule has 0 nitrogen and oxygen atoms in total. The summed E-state index contributed by atoms with van der Waals surface area (Å²) in [6, 6.07) is 6.40. The van der Waals surface area contributed by atoms with Crippen molar-refractivity contribution < 1.29 is 0 Å². The lowest BCUT2D eigenvalue weighted by Gasteiger charge is -2.24.